The van der Waals surface area contributed by atoms with E-state index in [1.54, 1.807) is 37.0 Å². The number of methoxy groups -OCH3 is 1. The Labute approximate surface area is 315 Å². The molecule has 13 nitrogen and oxygen atoms in total. The lowest BCUT2D eigenvalue weighted by Gasteiger charge is -2.46. The van der Waals surface area contributed by atoms with Crippen LogP contribution in [0.4, 0.5) is 0 Å². The van der Waals surface area contributed by atoms with E-state index in [0.717, 1.165) is 61.8 Å². The molecule has 0 radical (unpaired) electrons. The van der Waals surface area contributed by atoms with Crippen LogP contribution in [0.25, 0.3) is 0 Å². The fourth-order valence-electron chi connectivity index (χ4n) is 7.67. The molecule has 0 amide bonds. The summed E-state index contributed by atoms with van der Waals surface area (Å²) in [5.41, 5.74) is 3.42. The third kappa shape index (κ3) is 10.3. The van der Waals surface area contributed by atoms with Crippen LogP contribution in [0.15, 0.2) is 23.8 Å². The summed E-state index contributed by atoms with van der Waals surface area (Å²) >= 11 is 1.59. The van der Waals surface area contributed by atoms with Gasteiger partial charge in [0, 0.05) is 30.7 Å². The minimum absolute atomic E-state index is 0.109. The predicted octanol–water partition coefficient (Wildman–Crippen LogP) is 3.96. The molecule has 1 unspecified atom stereocenters. The number of aliphatic hydroxyl groups excluding tert-OH is 5. The van der Waals surface area contributed by atoms with E-state index in [1.807, 2.05) is 0 Å². The van der Waals surface area contributed by atoms with Gasteiger partial charge in [0.05, 0.1) is 44.7 Å². The van der Waals surface area contributed by atoms with Crippen molar-refractivity contribution in [2.24, 2.45) is 0 Å². The molecule has 5 N–H and O–H groups in total. The lowest BCUT2D eigenvalue weighted by molar-refractivity contribution is -0.348. The topological polar surface area (TPSA) is 175 Å². The van der Waals surface area contributed by atoms with Gasteiger partial charge in [-0.15, -0.1) is 0 Å². The molecule has 1 aliphatic carbocycles. The second kappa shape index (κ2) is 19.4. The first kappa shape index (κ1) is 41.0. The maximum absolute atomic E-state index is 11.1. The van der Waals surface area contributed by atoms with Crippen LogP contribution in [0.2, 0.25) is 0 Å². The average Bonchev–Trinajstić information content (AvgIpc) is 3.10. The molecule has 1 aromatic carbocycles. The summed E-state index contributed by atoms with van der Waals surface area (Å²) in [7, 11) is 1.69. The first-order valence-electron chi connectivity index (χ1n) is 18.4. The van der Waals surface area contributed by atoms with E-state index in [1.165, 1.54) is 5.57 Å². The Bertz CT molecular complexity index is 1270. The molecule has 0 spiro atoms. The van der Waals surface area contributed by atoms with E-state index in [4.69, 9.17) is 36.2 Å². The van der Waals surface area contributed by atoms with Crippen molar-refractivity contribution in [3.63, 3.8) is 0 Å². The zero-order chi connectivity index (χ0) is 36.7. The summed E-state index contributed by atoms with van der Waals surface area (Å²) in [6.45, 7) is 5.35. The standard InChI is InChI=1S/C37H57IO13/c1-5-6-7-10-22-13-26(44-4)32(23-11-8-9-20(2)12-23)27(14-22)47-31-17-28(48-30-16-24(41)15-25(18-39)46-30)35(21(3)45-31)50-37-34(43)36(51-38)33(42)29(19-40)49-37/h12-14,21,23-25,28-31,33-37,39-43H,5-11,15-19H2,1-4H3/t21-,23?,24+,25+,28-,29-,30+,31+,33-,34-,35-,36+,37+/m1/s1. The Kier molecular flexibility index (Phi) is 15.6. The fourth-order valence-corrected chi connectivity index (χ4v) is 8.27. The number of unbranched alkanes of at least 4 members (excludes halogenated alkanes) is 2. The predicted molar refractivity (Wildman–Crippen MR) is 194 cm³/mol. The molecule has 14 heteroatoms. The van der Waals surface area contributed by atoms with Gasteiger partial charge in [-0.3, -0.25) is 0 Å². The number of hydrogen-bond donors (Lipinski definition) is 5. The molecular weight excluding hydrogens is 779 g/mol. The van der Waals surface area contributed by atoms with Gasteiger partial charge in [-0.2, -0.15) is 0 Å². The molecule has 3 fully saturated rings. The molecule has 3 heterocycles. The van der Waals surface area contributed by atoms with Crippen molar-refractivity contribution in [3.05, 3.63) is 34.9 Å². The summed E-state index contributed by atoms with van der Waals surface area (Å²) in [4.78, 5) is 0. The Morgan fingerprint density at radius 1 is 0.902 bits per heavy atom. The average molecular weight is 837 g/mol. The smallest absolute Gasteiger partial charge is 0.202 e. The summed E-state index contributed by atoms with van der Waals surface area (Å²) < 4.78 is 49.3. The highest BCUT2D eigenvalue weighted by Crippen LogP contribution is 2.44. The van der Waals surface area contributed by atoms with Crippen molar-refractivity contribution in [2.75, 3.05) is 20.3 Å². The van der Waals surface area contributed by atoms with E-state index in [-0.39, 0.29) is 31.8 Å². The second-order valence-corrected chi connectivity index (χ2v) is 14.8. The monoisotopic (exact) mass is 836 g/mol. The first-order chi connectivity index (χ1) is 24.6. The van der Waals surface area contributed by atoms with Gasteiger partial charge in [0.25, 0.3) is 0 Å². The molecule has 290 valence electrons. The highest BCUT2D eigenvalue weighted by atomic mass is 127. The molecule has 13 atom stereocenters. The minimum Gasteiger partial charge on any atom is -0.496 e. The zero-order valence-electron chi connectivity index (χ0n) is 30.1. The van der Waals surface area contributed by atoms with Crippen LogP contribution >= 0.6 is 23.0 Å². The van der Waals surface area contributed by atoms with Gasteiger partial charge in [0.15, 0.2) is 12.6 Å². The SMILES string of the molecule is CCCCCc1cc(OC)c(C2C=C(C)CCC2)c(O[C@H]2C[C@@H](O[C@H]3C[C@@H](O)C[C@@H](CO)O3)[C@H](O[C@@H]3O[C@H](CO)[C@@H](O)[C@H](OI)[C@H]3O)[C@@H](C)O2)c1. The van der Waals surface area contributed by atoms with E-state index in [0.29, 0.717) is 5.75 Å². The van der Waals surface area contributed by atoms with Crippen LogP contribution in [0, 0.1) is 0 Å². The summed E-state index contributed by atoms with van der Waals surface area (Å²) in [6, 6.07) is 4.22. The van der Waals surface area contributed by atoms with Gasteiger partial charge in [-0.05, 0) is 63.6 Å². The Hall–Kier alpha value is -1.15. The molecule has 5 rings (SSSR count). The molecule has 51 heavy (non-hydrogen) atoms. The van der Waals surface area contributed by atoms with E-state index in [9.17, 15) is 25.5 Å². The van der Waals surface area contributed by atoms with Gasteiger partial charge in [-0.25, -0.2) is 0 Å². The van der Waals surface area contributed by atoms with Crippen LogP contribution < -0.4 is 9.47 Å². The van der Waals surface area contributed by atoms with Gasteiger partial charge >= 0.3 is 0 Å². The van der Waals surface area contributed by atoms with E-state index < -0.39 is 80.4 Å². The van der Waals surface area contributed by atoms with Crippen molar-refractivity contribution in [3.8, 4) is 11.5 Å². The number of rotatable bonds is 15. The third-order valence-electron chi connectivity index (χ3n) is 10.4. The zero-order valence-corrected chi connectivity index (χ0v) is 32.3. The molecule has 0 saturated carbocycles. The van der Waals surface area contributed by atoms with Crippen LogP contribution in [-0.4, -0.2) is 120 Å². The molecule has 3 aliphatic heterocycles. The van der Waals surface area contributed by atoms with Crippen LogP contribution in [0.1, 0.15) is 95.6 Å². The number of aryl methyl sites for hydroxylation is 1. The highest BCUT2D eigenvalue weighted by molar-refractivity contribution is 14.1. The van der Waals surface area contributed by atoms with Crippen molar-refractivity contribution in [1.82, 2.24) is 0 Å². The molecule has 0 aromatic heterocycles. The highest BCUT2D eigenvalue weighted by Gasteiger charge is 2.50. The van der Waals surface area contributed by atoms with Gasteiger partial charge in [0.2, 0.25) is 6.29 Å². The van der Waals surface area contributed by atoms with E-state index >= 15 is 0 Å². The minimum atomic E-state index is -1.40. The normalized spacial score (nSPS) is 37.5. The molecule has 3 saturated heterocycles. The number of aliphatic hydroxyl groups is 5. The molecule has 0 bridgehead atoms. The second-order valence-electron chi connectivity index (χ2n) is 14.3. The van der Waals surface area contributed by atoms with Crippen molar-refractivity contribution < 1.29 is 61.8 Å². The van der Waals surface area contributed by atoms with Crippen molar-refractivity contribution in [2.45, 2.75) is 165 Å². The number of hydrogen-bond acceptors (Lipinski definition) is 13. The van der Waals surface area contributed by atoms with Crippen LogP contribution in [0.5, 0.6) is 11.5 Å². The fraction of sp³-hybridized carbons (Fsp3) is 0.784. The number of halogens is 1. The van der Waals surface area contributed by atoms with Gasteiger partial charge in [0.1, 0.15) is 65.0 Å². The lowest BCUT2D eigenvalue weighted by atomic mass is 9.84. The largest absolute Gasteiger partial charge is 0.496 e. The Morgan fingerprint density at radius 3 is 2.37 bits per heavy atom. The molecule has 4 aliphatic rings. The lowest BCUT2D eigenvalue weighted by Crippen LogP contribution is -2.62. The Balaban J connectivity index is 1.44. The summed E-state index contributed by atoms with van der Waals surface area (Å²) in [5.74, 6) is 1.58. The maximum atomic E-state index is 11.1. The summed E-state index contributed by atoms with van der Waals surface area (Å²) in [6.07, 6.45) is -1.21. The van der Waals surface area contributed by atoms with Crippen LogP contribution in [-0.2, 0) is 33.2 Å². The number of allylic oxidation sites excluding steroid dienone is 2. The summed E-state index contributed by atoms with van der Waals surface area (Å²) in [5, 5.41) is 51.9. The van der Waals surface area contributed by atoms with Crippen molar-refractivity contribution >= 4 is 23.0 Å². The maximum Gasteiger partial charge on any atom is 0.202 e. The van der Waals surface area contributed by atoms with Crippen molar-refractivity contribution in [1.29, 1.82) is 0 Å². The first-order valence-corrected chi connectivity index (χ1v) is 19.3. The number of ether oxygens (including phenoxy) is 7. The third-order valence-corrected chi connectivity index (χ3v) is 11.0. The van der Waals surface area contributed by atoms with E-state index in [2.05, 4.69) is 32.1 Å². The van der Waals surface area contributed by atoms with Gasteiger partial charge in [-0.1, -0.05) is 31.4 Å². The Morgan fingerprint density at radius 2 is 1.69 bits per heavy atom. The molecule has 1 aromatic rings. The quantitative estimate of drug-likeness (QED) is 0.0977. The van der Waals surface area contributed by atoms with Gasteiger partial charge < -0.3 is 61.8 Å². The van der Waals surface area contributed by atoms with Crippen LogP contribution in [0.3, 0.4) is 0 Å². The molecular formula is C37H57IO13. The number of benzene rings is 1.